The molecule has 2 atom stereocenters. The van der Waals surface area contributed by atoms with Crippen LogP contribution in [0.2, 0.25) is 0 Å². The van der Waals surface area contributed by atoms with Gasteiger partial charge in [-0.15, -0.1) is 0 Å². The number of aromatic amines is 1. The molecule has 4 rings (SSSR count). The Morgan fingerprint density at radius 2 is 1.87 bits per heavy atom. The molecule has 0 spiro atoms. The van der Waals surface area contributed by atoms with Gasteiger partial charge in [0.1, 0.15) is 17.5 Å². The highest BCUT2D eigenvalue weighted by Crippen LogP contribution is 2.35. The number of rotatable bonds is 6. The molecule has 1 aliphatic heterocycles. The lowest BCUT2D eigenvalue weighted by atomic mass is 9.94. The Kier molecular flexibility index (Phi) is 5.74. The molecule has 6 nitrogen and oxygen atoms in total. The van der Waals surface area contributed by atoms with Gasteiger partial charge in [-0.2, -0.15) is 0 Å². The molecular formula is C24H27N3O3. The van der Waals surface area contributed by atoms with E-state index in [-0.39, 0.29) is 11.9 Å². The van der Waals surface area contributed by atoms with E-state index in [4.69, 9.17) is 9.47 Å². The summed E-state index contributed by atoms with van der Waals surface area (Å²) in [6.45, 7) is 4.61. The molecule has 1 N–H and O–H groups in total. The number of carbonyl (C=O) groups excluding carboxylic acids is 1. The number of ether oxygens (including phenoxy) is 2. The predicted octanol–water partition coefficient (Wildman–Crippen LogP) is 4.06. The minimum absolute atomic E-state index is 0.0208. The number of nitrogens with zero attached hydrogens (tertiary/aromatic N) is 2. The molecule has 0 saturated carbocycles. The van der Waals surface area contributed by atoms with Crippen LogP contribution < -0.4 is 9.47 Å². The number of nitrogens with one attached hydrogen (secondary N) is 1. The molecule has 2 heterocycles. The van der Waals surface area contributed by atoms with Crippen molar-refractivity contribution in [3.05, 3.63) is 77.4 Å². The summed E-state index contributed by atoms with van der Waals surface area (Å²) in [6.07, 6.45) is 2.49. The first-order valence-corrected chi connectivity index (χ1v) is 10.3. The maximum absolute atomic E-state index is 13.6. The van der Waals surface area contributed by atoms with E-state index in [0.717, 1.165) is 34.7 Å². The number of H-pyrrole nitrogens is 1. The zero-order chi connectivity index (χ0) is 21.1. The number of aryl methyl sites for hydroxylation is 1. The van der Waals surface area contributed by atoms with Gasteiger partial charge >= 0.3 is 0 Å². The Morgan fingerprint density at radius 3 is 2.53 bits per heavy atom. The molecule has 2 aromatic carbocycles. The van der Waals surface area contributed by atoms with Gasteiger partial charge in [0.15, 0.2) is 6.10 Å². The van der Waals surface area contributed by atoms with Crippen LogP contribution in [0.15, 0.2) is 54.9 Å². The van der Waals surface area contributed by atoms with Crippen LogP contribution in [0.4, 0.5) is 0 Å². The van der Waals surface area contributed by atoms with Crippen LogP contribution in [-0.2, 0) is 11.2 Å². The number of hydrogen-bond acceptors (Lipinski definition) is 4. The van der Waals surface area contributed by atoms with Crippen molar-refractivity contribution < 1.29 is 14.3 Å². The average molecular weight is 405 g/mol. The van der Waals surface area contributed by atoms with Crippen LogP contribution in [0.25, 0.3) is 0 Å². The number of fused-ring (bicyclic) bond motifs is 1. The normalized spacial score (nSPS) is 16.6. The van der Waals surface area contributed by atoms with E-state index in [9.17, 15) is 4.79 Å². The largest absolute Gasteiger partial charge is 0.497 e. The highest BCUT2D eigenvalue weighted by molar-refractivity contribution is 5.82. The Morgan fingerprint density at radius 1 is 1.17 bits per heavy atom. The quantitative estimate of drug-likeness (QED) is 0.672. The van der Waals surface area contributed by atoms with E-state index in [1.54, 1.807) is 13.4 Å². The average Bonchev–Trinajstić information content (AvgIpc) is 3.26. The highest BCUT2D eigenvalue weighted by atomic mass is 16.5. The van der Waals surface area contributed by atoms with Crippen LogP contribution in [0.5, 0.6) is 11.5 Å². The van der Waals surface area contributed by atoms with Crippen molar-refractivity contribution in [1.82, 2.24) is 14.9 Å². The van der Waals surface area contributed by atoms with Crippen LogP contribution >= 0.6 is 0 Å². The van der Waals surface area contributed by atoms with Crippen LogP contribution in [-0.4, -0.2) is 40.5 Å². The van der Waals surface area contributed by atoms with Crippen LogP contribution in [0, 0.1) is 6.92 Å². The molecule has 0 unspecified atom stereocenters. The van der Waals surface area contributed by atoms with E-state index in [0.29, 0.717) is 18.7 Å². The summed E-state index contributed by atoms with van der Waals surface area (Å²) in [5.74, 6) is 1.47. The topological polar surface area (TPSA) is 67.5 Å². The van der Waals surface area contributed by atoms with Crippen molar-refractivity contribution in [2.24, 2.45) is 0 Å². The van der Waals surface area contributed by atoms with Gasteiger partial charge in [-0.25, -0.2) is 4.98 Å². The summed E-state index contributed by atoms with van der Waals surface area (Å²) in [5.41, 5.74) is 4.13. The summed E-state index contributed by atoms with van der Waals surface area (Å²) in [4.78, 5) is 23.2. The van der Waals surface area contributed by atoms with Crippen LogP contribution in [0.1, 0.15) is 41.9 Å². The predicted molar refractivity (Wildman–Crippen MR) is 115 cm³/mol. The molecule has 1 aromatic heterocycles. The molecule has 6 heteroatoms. The minimum Gasteiger partial charge on any atom is -0.497 e. The molecule has 3 aromatic rings. The van der Waals surface area contributed by atoms with Crippen molar-refractivity contribution >= 4 is 5.91 Å². The fourth-order valence-electron chi connectivity index (χ4n) is 3.91. The number of carbonyl (C=O) groups is 1. The summed E-state index contributed by atoms with van der Waals surface area (Å²) in [7, 11) is 1.64. The molecular weight excluding hydrogens is 378 g/mol. The maximum atomic E-state index is 13.6. The first kappa shape index (κ1) is 20.0. The summed E-state index contributed by atoms with van der Waals surface area (Å²) in [5, 5.41) is 0. The second-order valence-electron chi connectivity index (χ2n) is 7.55. The summed E-state index contributed by atoms with van der Waals surface area (Å²) >= 11 is 0. The zero-order valence-electron chi connectivity index (χ0n) is 17.6. The van der Waals surface area contributed by atoms with Gasteiger partial charge in [-0.1, -0.05) is 36.8 Å². The van der Waals surface area contributed by atoms with Gasteiger partial charge in [-0.3, -0.25) is 4.79 Å². The molecule has 0 aliphatic carbocycles. The van der Waals surface area contributed by atoms with E-state index < -0.39 is 6.10 Å². The fourth-order valence-corrected chi connectivity index (χ4v) is 3.91. The molecule has 0 fully saturated rings. The van der Waals surface area contributed by atoms with Crippen molar-refractivity contribution in [2.75, 3.05) is 13.7 Å². The smallest absolute Gasteiger partial charge is 0.264 e. The molecule has 0 radical (unpaired) electrons. The Labute approximate surface area is 176 Å². The minimum atomic E-state index is -0.547. The van der Waals surface area contributed by atoms with Crippen molar-refractivity contribution in [3.63, 3.8) is 0 Å². The molecule has 156 valence electrons. The number of hydrogen-bond donors (Lipinski definition) is 1. The van der Waals surface area contributed by atoms with Crippen molar-refractivity contribution in [2.45, 2.75) is 38.8 Å². The van der Waals surface area contributed by atoms with Gasteiger partial charge in [0.2, 0.25) is 0 Å². The molecule has 30 heavy (non-hydrogen) atoms. The second-order valence-corrected chi connectivity index (χ2v) is 7.55. The number of imidazole rings is 1. The van der Waals surface area contributed by atoms with E-state index >= 15 is 0 Å². The van der Waals surface area contributed by atoms with Crippen molar-refractivity contribution in [1.29, 1.82) is 0 Å². The third-order valence-corrected chi connectivity index (χ3v) is 5.59. The first-order valence-electron chi connectivity index (χ1n) is 10.3. The summed E-state index contributed by atoms with van der Waals surface area (Å²) in [6, 6.07) is 15.4. The Bertz CT molecular complexity index is 995. The monoisotopic (exact) mass is 405 g/mol. The van der Waals surface area contributed by atoms with Gasteiger partial charge in [0, 0.05) is 18.7 Å². The lowest BCUT2D eigenvalue weighted by Crippen LogP contribution is -2.47. The Hall–Kier alpha value is -3.28. The standard InChI is InChI=1S/C24H27N3O3/c1-4-21(30-19-9-5-16(2)6-10-19)24(28)27-14-13-20-22(26-15-25-20)23(27)17-7-11-18(29-3)12-8-17/h5-12,15,21,23H,4,13-14H2,1-3H3,(H,25,26)/t21-,23+/m0/s1. The first-order chi connectivity index (χ1) is 14.6. The molecule has 1 aliphatic rings. The van der Waals surface area contributed by atoms with Crippen molar-refractivity contribution in [3.8, 4) is 11.5 Å². The third kappa shape index (κ3) is 3.90. The fraction of sp³-hybridized carbons (Fsp3) is 0.333. The Balaban J connectivity index is 1.64. The number of amides is 1. The van der Waals surface area contributed by atoms with E-state index in [2.05, 4.69) is 9.97 Å². The van der Waals surface area contributed by atoms with Gasteiger partial charge in [0.25, 0.3) is 5.91 Å². The zero-order valence-corrected chi connectivity index (χ0v) is 17.6. The lowest BCUT2D eigenvalue weighted by Gasteiger charge is -2.37. The SMILES string of the molecule is CC[C@H](Oc1ccc(C)cc1)C(=O)N1CCc2[nH]cnc2[C@H]1c1ccc(OC)cc1. The van der Waals surface area contributed by atoms with Gasteiger partial charge < -0.3 is 19.4 Å². The van der Waals surface area contributed by atoms with Gasteiger partial charge in [0.05, 0.1) is 19.1 Å². The second kappa shape index (κ2) is 8.61. The molecule has 0 bridgehead atoms. The number of benzene rings is 2. The summed E-state index contributed by atoms with van der Waals surface area (Å²) < 4.78 is 11.4. The van der Waals surface area contributed by atoms with E-state index in [1.807, 2.05) is 67.3 Å². The molecule has 0 saturated heterocycles. The molecule has 1 amide bonds. The van der Waals surface area contributed by atoms with Crippen LogP contribution in [0.3, 0.4) is 0 Å². The number of aromatic nitrogens is 2. The lowest BCUT2D eigenvalue weighted by molar-refractivity contribution is -0.141. The highest BCUT2D eigenvalue weighted by Gasteiger charge is 2.37. The van der Waals surface area contributed by atoms with Gasteiger partial charge in [-0.05, 0) is 43.2 Å². The number of methoxy groups -OCH3 is 1. The third-order valence-electron chi connectivity index (χ3n) is 5.59. The maximum Gasteiger partial charge on any atom is 0.264 e. The van der Waals surface area contributed by atoms with E-state index in [1.165, 1.54) is 0 Å².